The van der Waals surface area contributed by atoms with E-state index in [1.54, 1.807) is 24.3 Å². The van der Waals surface area contributed by atoms with Crippen molar-refractivity contribution >= 4 is 44.5 Å². The lowest BCUT2D eigenvalue weighted by molar-refractivity contribution is -0.401. The molecule has 0 saturated carbocycles. The molecule has 7 rings (SSSR count). The van der Waals surface area contributed by atoms with Gasteiger partial charge in [0.2, 0.25) is 5.69 Å². The SMILES string of the molecule is C[N+]1=C(/C=C/c2cc3c(O)c(c2)Cc2cc(S(=O)(=O)O)cc(c2O)Cc2cc(C=O)cc(c2O)Cc2cccc(c2O)C3)C(C)(C)c2ccccc21.O=S(=O)=O. The number of phenols is 4. The highest BCUT2D eigenvalue weighted by atomic mass is 32.2. The summed E-state index contributed by atoms with van der Waals surface area (Å²) in [6.07, 6.45) is 4.43. The molecule has 5 aromatic carbocycles. The van der Waals surface area contributed by atoms with Crippen molar-refractivity contribution in [3.8, 4) is 23.0 Å². The maximum absolute atomic E-state index is 12.5. The van der Waals surface area contributed by atoms with Gasteiger partial charge in [-0.3, -0.25) is 9.35 Å². The quantitative estimate of drug-likeness (QED) is 0.0799. The fraction of sp³-hybridized carbons (Fsp3) is 0.190. The van der Waals surface area contributed by atoms with E-state index in [-0.39, 0.29) is 76.4 Å². The van der Waals surface area contributed by atoms with Crippen LogP contribution in [0.2, 0.25) is 0 Å². The van der Waals surface area contributed by atoms with E-state index in [1.807, 2.05) is 37.4 Å². The normalized spacial score (nSPS) is 14.5. The number of rotatable bonds is 4. The lowest BCUT2D eigenvalue weighted by Gasteiger charge is -2.18. The first-order valence-corrected chi connectivity index (χ1v) is 19.7. The monoisotopic (exact) mass is 796 g/mol. The fourth-order valence-electron chi connectivity index (χ4n) is 7.65. The van der Waals surface area contributed by atoms with Crippen molar-refractivity contribution in [1.82, 2.24) is 0 Å². The minimum Gasteiger partial charge on any atom is -0.507 e. The van der Waals surface area contributed by atoms with Crippen molar-refractivity contribution < 1.29 is 55.4 Å². The fourth-order valence-corrected chi connectivity index (χ4v) is 8.23. The van der Waals surface area contributed by atoms with Crippen molar-refractivity contribution in [1.29, 1.82) is 0 Å². The van der Waals surface area contributed by atoms with Crippen molar-refractivity contribution in [3.05, 3.63) is 146 Å². The molecule has 1 aliphatic carbocycles. The molecule has 0 radical (unpaired) electrons. The molecule has 288 valence electrons. The van der Waals surface area contributed by atoms with E-state index < -0.39 is 25.6 Å². The van der Waals surface area contributed by atoms with Crippen LogP contribution in [0.5, 0.6) is 23.0 Å². The molecular formula is C42H38NO11S2+. The summed E-state index contributed by atoms with van der Waals surface area (Å²) in [5.74, 6) is -0.581. The van der Waals surface area contributed by atoms with Crippen LogP contribution in [0.25, 0.3) is 6.08 Å². The summed E-state index contributed by atoms with van der Waals surface area (Å²) in [6, 6.07) is 22.3. The molecule has 0 unspecified atom stereocenters. The number of fused-ring (bicyclic) bond motifs is 9. The largest absolute Gasteiger partial charge is 0.507 e. The molecule has 5 aromatic rings. The van der Waals surface area contributed by atoms with Crippen LogP contribution in [0.15, 0.2) is 89.8 Å². The predicted octanol–water partition coefficient (Wildman–Crippen LogP) is 5.96. The molecule has 1 aliphatic heterocycles. The number of para-hydroxylation sites is 2. The molecule has 1 heterocycles. The summed E-state index contributed by atoms with van der Waals surface area (Å²) in [7, 11) is -5.84. The van der Waals surface area contributed by atoms with Crippen LogP contribution < -0.4 is 0 Å². The first kappa shape index (κ1) is 39.6. The van der Waals surface area contributed by atoms with E-state index >= 15 is 0 Å². The number of benzene rings is 5. The zero-order valence-electron chi connectivity index (χ0n) is 30.5. The second-order valence-corrected chi connectivity index (χ2v) is 16.1. The Morgan fingerprint density at radius 1 is 0.625 bits per heavy atom. The van der Waals surface area contributed by atoms with Crippen molar-refractivity contribution in [2.24, 2.45) is 0 Å². The summed E-state index contributed by atoms with van der Waals surface area (Å²) in [5.41, 5.74) is 6.60. The van der Waals surface area contributed by atoms with Gasteiger partial charge in [-0.05, 0) is 95.3 Å². The zero-order valence-corrected chi connectivity index (χ0v) is 32.1. The van der Waals surface area contributed by atoms with Gasteiger partial charge in [0.15, 0.2) is 5.71 Å². The molecule has 14 heteroatoms. The van der Waals surface area contributed by atoms with Gasteiger partial charge >= 0.3 is 10.6 Å². The molecule has 2 aliphatic rings. The number of carbonyl (C=O) groups excluding carboxylic acids is 1. The van der Waals surface area contributed by atoms with Crippen LogP contribution in [0.4, 0.5) is 5.69 Å². The van der Waals surface area contributed by atoms with Crippen LogP contribution in [0.1, 0.15) is 79.8 Å². The third-order valence-corrected chi connectivity index (χ3v) is 11.2. The lowest BCUT2D eigenvalue weighted by Crippen LogP contribution is -2.26. The average Bonchev–Trinajstić information content (AvgIpc) is 3.32. The predicted molar refractivity (Wildman–Crippen MR) is 208 cm³/mol. The van der Waals surface area contributed by atoms with E-state index in [2.05, 4.69) is 30.6 Å². The standard InChI is InChI=1S/C42H37NO8S.O3S/c1-42(2)35-9-4-5-10-36(35)43(3)37(42)12-11-24-13-28-17-26-7-6-8-27(38(26)45)18-30-15-25(23-44)16-31(40(30)47)20-33-22-34(52(49,50)51)21-32(41(33)48)19-29(14-24)39(28)46;1-4(2)3/h4-16,21-23H,17-20H2,1-3H3,(H4,44,45,47,48,49,50,51);/p+1. The van der Waals surface area contributed by atoms with Crippen LogP contribution >= 0.6 is 0 Å². The molecule has 0 spiro atoms. The highest BCUT2D eigenvalue weighted by Crippen LogP contribution is 2.41. The Morgan fingerprint density at radius 3 is 1.48 bits per heavy atom. The Balaban J connectivity index is 0.00000127. The molecule has 0 atom stereocenters. The van der Waals surface area contributed by atoms with Gasteiger partial charge in [0, 0.05) is 60.1 Å². The number of nitrogens with zero attached hydrogens (tertiary/aromatic N) is 1. The smallest absolute Gasteiger partial charge is 0.425 e. The Labute approximate surface area is 324 Å². The van der Waals surface area contributed by atoms with Gasteiger partial charge in [-0.15, -0.1) is 12.6 Å². The minimum absolute atomic E-state index is 0.0164. The molecule has 0 fully saturated rings. The Hall–Kier alpha value is -6.09. The number of hydrogen-bond acceptors (Lipinski definition) is 10. The first-order valence-electron chi connectivity index (χ1n) is 17.3. The third-order valence-electron chi connectivity index (χ3n) is 10.4. The Morgan fingerprint density at radius 2 is 1.04 bits per heavy atom. The van der Waals surface area contributed by atoms with Crippen LogP contribution in [0.3, 0.4) is 0 Å². The van der Waals surface area contributed by atoms with Gasteiger partial charge in [0.05, 0.1) is 10.3 Å². The van der Waals surface area contributed by atoms with Gasteiger partial charge in [0.25, 0.3) is 10.1 Å². The lowest BCUT2D eigenvalue weighted by atomic mass is 9.81. The molecule has 0 saturated heterocycles. The summed E-state index contributed by atoms with van der Waals surface area (Å²) < 4.78 is 62.5. The van der Waals surface area contributed by atoms with Crippen LogP contribution in [0, 0.1) is 0 Å². The van der Waals surface area contributed by atoms with Gasteiger partial charge < -0.3 is 20.4 Å². The van der Waals surface area contributed by atoms with Crippen molar-refractivity contribution in [3.63, 3.8) is 0 Å². The summed E-state index contributed by atoms with van der Waals surface area (Å²) in [6.45, 7) is 4.32. The third kappa shape index (κ3) is 7.85. The Kier molecular flexibility index (Phi) is 10.8. The maximum Gasteiger partial charge on any atom is 0.425 e. The van der Waals surface area contributed by atoms with E-state index in [0.717, 1.165) is 29.1 Å². The summed E-state index contributed by atoms with van der Waals surface area (Å²) >= 11 is 0. The molecule has 12 nitrogen and oxygen atoms in total. The number of aldehydes is 1. The van der Waals surface area contributed by atoms with Gasteiger partial charge in [-0.25, -0.2) is 0 Å². The highest BCUT2D eigenvalue weighted by Gasteiger charge is 2.42. The second kappa shape index (κ2) is 15.2. The van der Waals surface area contributed by atoms with Crippen molar-refractivity contribution in [2.75, 3.05) is 7.05 Å². The zero-order chi connectivity index (χ0) is 40.7. The maximum atomic E-state index is 12.5. The molecule has 0 amide bonds. The molecule has 5 N–H and O–H groups in total. The number of hydrogen-bond donors (Lipinski definition) is 5. The number of aromatic hydroxyl groups is 4. The topological polar surface area (TPSA) is 207 Å². The molecule has 56 heavy (non-hydrogen) atoms. The number of carbonyl (C=O) groups is 1. The number of phenolic OH excluding ortho intramolecular Hbond substituents is 4. The second-order valence-electron chi connectivity index (χ2n) is 14.3. The van der Waals surface area contributed by atoms with E-state index in [1.165, 1.54) is 17.7 Å². The summed E-state index contributed by atoms with van der Waals surface area (Å²) in [4.78, 5) is 11.5. The average molecular weight is 797 g/mol. The molecular weight excluding hydrogens is 759 g/mol. The molecule has 8 bridgehead atoms. The van der Waals surface area contributed by atoms with Crippen molar-refractivity contribution in [2.45, 2.75) is 49.8 Å². The number of allylic oxidation sites excluding steroid dienone is 1. The minimum atomic E-state index is -4.74. The Bertz CT molecular complexity index is 2730. The van der Waals surface area contributed by atoms with Gasteiger partial charge in [0.1, 0.15) is 36.3 Å². The summed E-state index contributed by atoms with van der Waals surface area (Å²) in [5, 5.41) is 46.2. The van der Waals surface area contributed by atoms with E-state index in [0.29, 0.717) is 34.1 Å². The van der Waals surface area contributed by atoms with E-state index in [9.17, 15) is 38.2 Å². The van der Waals surface area contributed by atoms with Gasteiger partial charge in [-0.2, -0.15) is 13.0 Å². The van der Waals surface area contributed by atoms with Crippen LogP contribution in [-0.2, 0) is 51.8 Å². The molecule has 0 aromatic heterocycles. The first-order chi connectivity index (χ1) is 26.4. The highest BCUT2D eigenvalue weighted by molar-refractivity contribution is 7.85. The van der Waals surface area contributed by atoms with E-state index in [4.69, 9.17) is 12.6 Å². The van der Waals surface area contributed by atoms with Crippen LogP contribution in [-0.4, -0.2) is 69.6 Å². The van der Waals surface area contributed by atoms with Gasteiger partial charge in [-0.1, -0.05) is 36.4 Å².